The van der Waals surface area contributed by atoms with Gasteiger partial charge in [0.15, 0.2) is 0 Å². The van der Waals surface area contributed by atoms with Gasteiger partial charge in [-0.25, -0.2) is 0 Å². The molecular weight excluding hydrogens is 286 g/mol. The summed E-state index contributed by atoms with van der Waals surface area (Å²) in [6.07, 6.45) is 0. The lowest BCUT2D eigenvalue weighted by molar-refractivity contribution is -0.141. The molecule has 2 rings (SSSR count). The van der Waals surface area contributed by atoms with Crippen molar-refractivity contribution < 1.29 is 19.4 Å². The van der Waals surface area contributed by atoms with E-state index in [2.05, 4.69) is 15.0 Å². The molecule has 1 saturated heterocycles. The van der Waals surface area contributed by atoms with Crippen LogP contribution in [0.2, 0.25) is 0 Å². The van der Waals surface area contributed by atoms with E-state index in [0.717, 1.165) is 31.9 Å². The summed E-state index contributed by atoms with van der Waals surface area (Å²) in [4.78, 5) is 26.9. The number of rotatable bonds is 5. The van der Waals surface area contributed by atoms with Gasteiger partial charge in [-0.1, -0.05) is 0 Å². The third kappa shape index (κ3) is 4.63. The first kappa shape index (κ1) is 16.1. The molecule has 0 saturated carbocycles. The van der Waals surface area contributed by atoms with Crippen LogP contribution in [0.3, 0.4) is 0 Å². The molecule has 7 heteroatoms. The lowest BCUT2D eigenvalue weighted by Crippen LogP contribution is -2.49. The van der Waals surface area contributed by atoms with Crippen LogP contribution in [-0.4, -0.2) is 68.3 Å². The number of phenols is 1. The predicted octanol–water partition coefficient (Wildman–Crippen LogP) is -0.197. The van der Waals surface area contributed by atoms with Crippen LogP contribution in [0.25, 0.3) is 0 Å². The third-order valence-electron chi connectivity index (χ3n) is 3.61. The summed E-state index contributed by atoms with van der Waals surface area (Å²) in [5.41, 5.74) is 1.06. The van der Waals surface area contributed by atoms with Crippen molar-refractivity contribution in [1.29, 1.82) is 0 Å². The topological polar surface area (TPSA) is 82.1 Å². The minimum Gasteiger partial charge on any atom is -0.508 e. The highest BCUT2D eigenvalue weighted by Gasteiger charge is 2.19. The molecule has 2 N–H and O–H groups in total. The molecule has 1 aliphatic rings. The number of hydrogen-bond donors (Lipinski definition) is 2. The summed E-state index contributed by atoms with van der Waals surface area (Å²) in [7, 11) is 1.29. The second kappa shape index (κ2) is 7.65. The zero-order valence-corrected chi connectivity index (χ0v) is 12.6. The first-order valence-electron chi connectivity index (χ1n) is 7.18. The molecule has 0 bridgehead atoms. The van der Waals surface area contributed by atoms with Crippen molar-refractivity contribution in [3.63, 3.8) is 0 Å². The van der Waals surface area contributed by atoms with Crippen LogP contribution >= 0.6 is 0 Å². The highest BCUT2D eigenvalue weighted by atomic mass is 16.5. The summed E-state index contributed by atoms with van der Waals surface area (Å²) in [5.74, 6) is -0.376. The summed E-state index contributed by atoms with van der Waals surface area (Å²) in [6.45, 7) is 3.35. The van der Waals surface area contributed by atoms with Crippen molar-refractivity contribution in [1.82, 2.24) is 10.2 Å². The fourth-order valence-electron chi connectivity index (χ4n) is 2.33. The molecule has 1 aromatic rings. The average Bonchev–Trinajstić information content (AvgIpc) is 2.54. The van der Waals surface area contributed by atoms with Crippen LogP contribution in [0.4, 0.5) is 5.69 Å². The van der Waals surface area contributed by atoms with Gasteiger partial charge < -0.3 is 20.1 Å². The van der Waals surface area contributed by atoms with Gasteiger partial charge in [0, 0.05) is 31.9 Å². The number of amides is 1. The molecule has 0 radical (unpaired) electrons. The molecule has 7 nitrogen and oxygen atoms in total. The Kier molecular flexibility index (Phi) is 5.60. The maximum Gasteiger partial charge on any atom is 0.325 e. The molecule has 1 fully saturated rings. The zero-order chi connectivity index (χ0) is 15.9. The minimum atomic E-state index is -0.453. The Morgan fingerprint density at radius 3 is 2.41 bits per heavy atom. The summed E-state index contributed by atoms with van der Waals surface area (Å²) >= 11 is 0. The van der Waals surface area contributed by atoms with Gasteiger partial charge in [0.1, 0.15) is 12.3 Å². The SMILES string of the molecule is COC(=O)CNC(=O)CN1CCN(c2ccc(O)cc2)CC1. The van der Waals surface area contributed by atoms with Crippen molar-refractivity contribution >= 4 is 17.6 Å². The Morgan fingerprint density at radius 1 is 1.18 bits per heavy atom. The van der Waals surface area contributed by atoms with E-state index >= 15 is 0 Å². The molecule has 1 heterocycles. The first-order valence-corrected chi connectivity index (χ1v) is 7.18. The molecule has 0 spiro atoms. The van der Waals surface area contributed by atoms with E-state index in [1.807, 2.05) is 17.0 Å². The van der Waals surface area contributed by atoms with Crippen molar-refractivity contribution in [2.45, 2.75) is 0 Å². The minimum absolute atomic E-state index is 0.0944. The second-order valence-electron chi connectivity index (χ2n) is 5.13. The summed E-state index contributed by atoms with van der Waals surface area (Å²) in [5, 5.41) is 11.8. The van der Waals surface area contributed by atoms with Gasteiger partial charge in [-0.05, 0) is 24.3 Å². The first-order chi connectivity index (χ1) is 10.6. The monoisotopic (exact) mass is 307 g/mol. The van der Waals surface area contributed by atoms with Gasteiger partial charge in [-0.3, -0.25) is 14.5 Å². The number of anilines is 1. The van der Waals surface area contributed by atoms with Crippen molar-refractivity contribution in [3.8, 4) is 5.75 Å². The summed E-state index contributed by atoms with van der Waals surface area (Å²) in [6, 6.07) is 7.10. The molecule has 1 aromatic carbocycles. The normalized spacial score (nSPS) is 15.4. The van der Waals surface area contributed by atoms with Crippen LogP contribution in [0.15, 0.2) is 24.3 Å². The lowest BCUT2D eigenvalue weighted by atomic mass is 10.2. The standard InChI is InChI=1S/C15H21N3O4/c1-22-15(21)10-16-14(20)11-17-6-8-18(9-7-17)12-2-4-13(19)5-3-12/h2-5,19H,6-11H2,1H3,(H,16,20). The maximum absolute atomic E-state index is 11.7. The molecule has 0 atom stereocenters. The van der Waals surface area contributed by atoms with E-state index in [-0.39, 0.29) is 24.7 Å². The quantitative estimate of drug-likeness (QED) is 0.734. The van der Waals surface area contributed by atoms with E-state index in [1.165, 1.54) is 7.11 Å². The third-order valence-corrected chi connectivity index (χ3v) is 3.61. The Labute approximate surface area is 129 Å². The smallest absolute Gasteiger partial charge is 0.325 e. The van der Waals surface area contributed by atoms with Gasteiger partial charge >= 0.3 is 5.97 Å². The van der Waals surface area contributed by atoms with Crippen LogP contribution in [-0.2, 0) is 14.3 Å². The van der Waals surface area contributed by atoms with Crippen LogP contribution in [0, 0.1) is 0 Å². The van der Waals surface area contributed by atoms with E-state index in [1.54, 1.807) is 12.1 Å². The van der Waals surface area contributed by atoms with E-state index in [9.17, 15) is 14.7 Å². The zero-order valence-electron chi connectivity index (χ0n) is 12.6. The maximum atomic E-state index is 11.7. The molecule has 0 aliphatic carbocycles. The number of benzene rings is 1. The highest BCUT2D eigenvalue weighted by Crippen LogP contribution is 2.19. The number of nitrogens with zero attached hydrogens (tertiary/aromatic N) is 2. The van der Waals surface area contributed by atoms with Gasteiger partial charge in [0.25, 0.3) is 0 Å². The Balaban J connectivity index is 1.74. The average molecular weight is 307 g/mol. The number of piperazine rings is 1. The number of aromatic hydroxyl groups is 1. The number of methoxy groups -OCH3 is 1. The molecule has 22 heavy (non-hydrogen) atoms. The lowest BCUT2D eigenvalue weighted by Gasteiger charge is -2.35. The molecule has 1 amide bonds. The summed E-state index contributed by atoms with van der Waals surface area (Å²) < 4.78 is 4.47. The molecular formula is C15H21N3O4. The van der Waals surface area contributed by atoms with Crippen molar-refractivity contribution in [2.24, 2.45) is 0 Å². The number of hydrogen-bond acceptors (Lipinski definition) is 6. The largest absolute Gasteiger partial charge is 0.508 e. The highest BCUT2D eigenvalue weighted by molar-refractivity contribution is 5.83. The molecule has 0 aromatic heterocycles. The van der Waals surface area contributed by atoms with Gasteiger partial charge in [0.05, 0.1) is 13.7 Å². The van der Waals surface area contributed by atoms with Crippen LogP contribution < -0.4 is 10.2 Å². The fraction of sp³-hybridized carbons (Fsp3) is 0.467. The predicted molar refractivity (Wildman–Crippen MR) is 81.8 cm³/mol. The Bertz CT molecular complexity index is 510. The fourth-order valence-corrected chi connectivity index (χ4v) is 2.33. The van der Waals surface area contributed by atoms with E-state index in [4.69, 9.17) is 0 Å². The van der Waals surface area contributed by atoms with E-state index < -0.39 is 5.97 Å². The number of ether oxygens (including phenoxy) is 1. The number of esters is 1. The number of carbonyl (C=O) groups is 2. The van der Waals surface area contributed by atoms with Gasteiger partial charge in [-0.15, -0.1) is 0 Å². The number of nitrogens with one attached hydrogen (secondary N) is 1. The van der Waals surface area contributed by atoms with Crippen LogP contribution in [0.5, 0.6) is 5.75 Å². The van der Waals surface area contributed by atoms with Gasteiger partial charge in [-0.2, -0.15) is 0 Å². The second-order valence-corrected chi connectivity index (χ2v) is 5.13. The molecule has 0 unspecified atom stereocenters. The van der Waals surface area contributed by atoms with Crippen LogP contribution in [0.1, 0.15) is 0 Å². The van der Waals surface area contributed by atoms with Gasteiger partial charge in [0.2, 0.25) is 5.91 Å². The molecule has 1 aliphatic heterocycles. The number of phenolic OH excluding ortho intramolecular Hbond substituents is 1. The van der Waals surface area contributed by atoms with E-state index in [0.29, 0.717) is 0 Å². The van der Waals surface area contributed by atoms with Crippen molar-refractivity contribution in [3.05, 3.63) is 24.3 Å². The number of carbonyl (C=O) groups excluding carboxylic acids is 2. The van der Waals surface area contributed by atoms with Crippen molar-refractivity contribution in [2.75, 3.05) is 51.3 Å². The Hall–Kier alpha value is -2.28. The molecule has 120 valence electrons. The Morgan fingerprint density at radius 2 is 1.82 bits per heavy atom.